The first-order valence-electron chi connectivity index (χ1n) is 12.1. The van der Waals surface area contributed by atoms with Gasteiger partial charge >= 0.3 is 0 Å². The second-order valence-corrected chi connectivity index (χ2v) is 9.90. The number of carbonyl (C=O) groups excluding carboxylic acids is 1. The lowest BCUT2D eigenvalue weighted by atomic mass is 10.1. The highest BCUT2D eigenvalue weighted by Gasteiger charge is 2.19. The highest BCUT2D eigenvalue weighted by atomic mass is 79.9. The molecule has 0 aliphatic rings. The molecule has 0 fully saturated rings. The molecule has 3 aromatic heterocycles. The van der Waals surface area contributed by atoms with Crippen molar-refractivity contribution >= 4 is 38.9 Å². The van der Waals surface area contributed by atoms with E-state index in [2.05, 4.69) is 36.4 Å². The Bertz CT molecular complexity index is 1760. The molecular weight excluding hydrogens is 566 g/mol. The zero-order chi connectivity index (χ0) is 27.8. The number of nitro benzene ring substituents is 1. The van der Waals surface area contributed by atoms with Gasteiger partial charge in [0.1, 0.15) is 17.2 Å². The molecule has 1 N–H and O–H groups in total. The van der Waals surface area contributed by atoms with Gasteiger partial charge in [0.05, 0.1) is 26.8 Å². The average Bonchev–Trinajstić information content (AvgIpc) is 3.50. The first-order valence-corrected chi connectivity index (χ1v) is 12.9. The summed E-state index contributed by atoms with van der Waals surface area (Å²) in [5.41, 5.74) is 4.76. The number of nitrogens with one attached hydrogen (secondary N) is 1. The SMILES string of the molecule is CCn1cc(Br)c(-c2ccnc3cc(C(=O)Nc4cc(Oc5cc(C)cc(C)c5C)cc([N+](=O)[O-])c4)nn23)n1. The van der Waals surface area contributed by atoms with E-state index in [1.54, 1.807) is 16.9 Å². The Kier molecular flexibility index (Phi) is 6.87. The molecule has 5 rings (SSSR count). The van der Waals surface area contributed by atoms with Gasteiger partial charge < -0.3 is 10.1 Å². The van der Waals surface area contributed by atoms with E-state index in [0.29, 0.717) is 29.3 Å². The second kappa shape index (κ2) is 10.3. The van der Waals surface area contributed by atoms with E-state index in [1.165, 1.54) is 28.8 Å². The molecule has 11 nitrogen and oxygen atoms in total. The predicted molar refractivity (Wildman–Crippen MR) is 149 cm³/mol. The van der Waals surface area contributed by atoms with E-state index in [4.69, 9.17) is 4.74 Å². The fourth-order valence-electron chi connectivity index (χ4n) is 4.17. The van der Waals surface area contributed by atoms with Gasteiger partial charge in [0, 0.05) is 37.1 Å². The Hall–Kier alpha value is -4.58. The first kappa shape index (κ1) is 26.0. The van der Waals surface area contributed by atoms with E-state index < -0.39 is 10.8 Å². The summed E-state index contributed by atoms with van der Waals surface area (Å²) >= 11 is 3.53. The average molecular weight is 590 g/mol. The molecule has 0 radical (unpaired) electrons. The molecule has 5 aromatic rings. The van der Waals surface area contributed by atoms with Crippen LogP contribution in [0.2, 0.25) is 0 Å². The Morgan fingerprint density at radius 1 is 1.13 bits per heavy atom. The molecule has 0 aliphatic carbocycles. The van der Waals surface area contributed by atoms with Gasteiger partial charge in [0.15, 0.2) is 11.3 Å². The quantitative estimate of drug-likeness (QED) is 0.175. The van der Waals surface area contributed by atoms with Gasteiger partial charge in [0.2, 0.25) is 0 Å². The van der Waals surface area contributed by atoms with Crippen molar-refractivity contribution in [3.05, 3.63) is 91.8 Å². The molecule has 2 aromatic carbocycles. The molecule has 1 amide bonds. The summed E-state index contributed by atoms with van der Waals surface area (Å²) in [5, 5.41) is 23.3. The number of aromatic nitrogens is 5. The lowest BCUT2D eigenvalue weighted by molar-refractivity contribution is -0.384. The van der Waals surface area contributed by atoms with Gasteiger partial charge in [-0.3, -0.25) is 19.6 Å². The fraction of sp³-hybridized carbons (Fsp3) is 0.185. The smallest absolute Gasteiger partial charge is 0.276 e. The number of anilines is 1. The minimum Gasteiger partial charge on any atom is -0.457 e. The summed E-state index contributed by atoms with van der Waals surface area (Å²) in [7, 11) is 0. The van der Waals surface area contributed by atoms with Crippen LogP contribution in [-0.4, -0.2) is 35.2 Å². The minimum atomic E-state index is -0.557. The number of hydrogen-bond acceptors (Lipinski definition) is 7. The van der Waals surface area contributed by atoms with E-state index in [9.17, 15) is 14.9 Å². The zero-order valence-corrected chi connectivity index (χ0v) is 23.2. The number of nitro groups is 1. The van der Waals surface area contributed by atoms with Crippen LogP contribution in [0.15, 0.2) is 59.3 Å². The normalized spacial score (nSPS) is 11.1. The monoisotopic (exact) mass is 589 g/mol. The number of non-ortho nitro benzene ring substituents is 1. The number of hydrogen-bond donors (Lipinski definition) is 1. The summed E-state index contributed by atoms with van der Waals surface area (Å²) in [6.45, 7) is 8.51. The maximum Gasteiger partial charge on any atom is 0.276 e. The van der Waals surface area contributed by atoms with Gasteiger partial charge in [-0.25, -0.2) is 9.50 Å². The molecule has 3 heterocycles. The fourth-order valence-corrected chi connectivity index (χ4v) is 4.69. The molecule has 0 saturated carbocycles. The van der Waals surface area contributed by atoms with Gasteiger partial charge in [-0.1, -0.05) is 6.07 Å². The molecule has 0 spiro atoms. The van der Waals surface area contributed by atoms with Crippen LogP contribution < -0.4 is 10.1 Å². The third-order valence-electron chi connectivity index (χ3n) is 6.23. The Balaban J connectivity index is 1.47. The lowest BCUT2D eigenvalue weighted by Crippen LogP contribution is -2.13. The van der Waals surface area contributed by atoms with E-state index >= 15 is 0 Å². The Morgan fingerprint density at radius 3 is 2.64 bits per heavy atom. The van der Waals surface area contributed by atoms with Crippen molar-refractivity contribution < 1.29 is 14.5 Å². The van der Waals surface area contributed by atoms with Crippen LogP contribution in [0.25, 0.3) is 17.0 Å². The number of carbonyl (C=O) groups is 1. The van der Waals surface area contributed by atoms with Gasteiger partial charge in [0.25, 0.3) is 11.6 Å². The highest BCUT2D eigenvalue weighted by molar-refractivity contribution is 9.10. The van der Waals surface area contributed by atoms with E-state index in [1.807, 2.05) is 46.0 Å². The minimum absolute atomic E-state index is 0.0834. The zero-order valence-electron chi connectivity index (χ0n) is 21.6. The summed E-state index contributed by atoms with van der Waals surface area (Å²) in [4.78, 5) is 28.6. The third-order valence-corrected chi connectivity index (χ3v) is 6.81. The Labute approximate surface area is 231 Å². The van der Waals surface area contributed by atoms with Crippen molar-refractivity contribution in [3.63, 3.8) is 0 Å². The summed E-state index contributed by atoms with van der Waals surface area (Å²) in [6.07, 6.45) is 3.48. The van der Waals surface area contributed by atoms with Crippen LogP contribution in [0, 0.1) is 30.9 Å². The van der Waals surface area contributed by atoms with Crippen molar-refractivity contribution in [1.82, 2.24) is 24.4 Å². The summed E-state index contributed by atoms with van der Waals surface area (Å²) in [5.74, 6) is 0.252. The summed E-state index contributed by atoms with van der Waals surface area (Å²) < 4.78 is 10.1. The highest BCUT2D eigenvalue weighted by Crippen LogP contribution is 2.33. The van der Waals surface area contributed by atoms with Gasteiger partial charge in [-0.15, -0.1) is 0 Å². The molecule has 0 bridgehead atoms. The molecule has 39 heavy (non-hydrogen) atoms. The number of halogens is 1. The molecule has 198 valence electrons. The third kappa shape index (κ3) is 5.23. The number of rotatable bonds is 7. The number of ether oxygens (including phenoxy) is 1. The second-order valence-electron chi connectivity index (χ2n) is 9.04. The van der Waals surface area contributed by atoms with Crippen molar-refractivity contribution in [2.45, 2.75) is 34.2 Å². The summed E-state index contributed by atoms with van der Waals surface area (Å²) in [6, 6.07) is 11.3. The lowest BCUT2D eigenvalue weighted by Gasteiger charge is -2.13. The number of fused-ring (bicyclic) bond motifs is 1. The number of aryl methyl sites for hydroxylation is 3. The number of nitrogens with zero attached hydrogens (tertiary/aromatic N) is 6. The van der Waals surface area contributed by atoms with Crippen LogP contribution in [0.3, 0.4) is 0 Å². The Morgan fingerprint density at radius 2 is 1.92 bits per heavy atom. The maximum atomic E-state index is 13.2. The number of benzene rings is 2. The van der Waals surface area contributed by atoms with Crippen LogP contribution in [0.1, 0.15) is 34.1 Å². The van der Waals surface area contributed by atoms with Crippen LogP contribution in [0.5, 0.6) is 11.5 Å². The van der Waals surface area contributed by atoms with Gasteiger partial charge in [-0.05, 0) is 72.4 Å². The van der Waals surface area contributed by atoms with Gasteiger partial charge in [-0.2, -0.15) is 10.2 Å². The molecule has 0 unspecified atom stereocenters. The molecule has 0 saturated heterocycles. The molecular formula is C27H24BrN7O4. The first-order chi connectivity index (χ1) is 18.6. The van der Waals surface area contributed by atoms with Crippen LogP contribution in [0.4, 0.5) is 11.4 Å². The van der Waals surface area contributed by atoms with Crippen LogP contribution >= 0.6 is 15.9 Å². The van der Waals surface area contributed by atoms with Crippen molar-refractivity contribution in [1.29, 1.82) is 0 Å². The predicted octanol–water partition coefficient (Wildman–Crippen LogP) is 6.25. The van der Waals surface area contributed by atoms with Crippen molar-refractivity contribution in [3.8, 4) is 22.9 Å². The molecule has 0 aliphatic heterocycles. The van der Waals surface area contributed by atoms with E-state index in [0.717, 1.165) is 21.2 Å². The molecule has 12 heteroatoms. The van der Waals surface area contributed by atoms with Crippen molar-refractivity contribution in [2.24, 2.45) is 0 Å². The maximum absolute atomic E-state index is 13.2. The number of amides is 1. The van der Waals surface area contributed by atoms with Crippen molar-refractivity contribution in [2.75, 3.05) is 5.32 Å². The topological polar surface area (TPSA) is 129 Å². The molecule has 0 atom stereocenters. The largest absolute Gasteiger partial charge is 0.457 e. The standard InChI is InChI=1S/C27H24BrN7O4/c1-5-33-14-21(28)26(32-33)23-6-7-29-25-13-22(31-34(23)25)27(36)30-18-10-19(35(37)38)12-20(11-18)39-24-9-15(2)8-16(3)17(24)4/h6-14H,5H2,1-4H3,(H,30,36). The van der Waals surface area contributed by atoms with E-state index in [-0.39, 0.29) is 22.8 Å². The van der Waals surface area contributed by atoms with Crippen LogP contribution in [-0.2, 0) is 6.54 Å².